The highest BCUT2D eigenvalue weighted by atomic mass is 16.5. The second kappa shape index (κ2) is 3.02. The summed E-state index contributed by atoms with van der Waals surface area (Å²) in [5, 5.41) is 2.16. The zero-order valence-electron chi connectivity index (χ0n) is 4.97. The van der Waals surface area contributed by atoms with Gasteiger partial charge >= 0.3 is 0 Å². The zero-order chi connectivity index (χ0) is 5.82. The van der Waals surface area contributed by atoms with Crippen molar-refractivity contribution < 1.29 is 10.2 Å². The average molecular weight is 116 g/mol. The summed E-state index contributed by atoms with van der Waals surface area (Å²) in [6, 6.07) is 0. The van der Waals surface area contributed by atoms with Crippen LogP contribution < -0.4 is 5.43 Å². The summed E-state index contributed by atoms with van der Waals surface area (Å²) in [6.45, 7) is 3.71. The van der Waals surface area contributed by atoms with Crippen LogP contribution in [0.15, 0.2) is 0 Å². The number of ether oxygens (including phenoxy) is 1. The number of nitrogens with two attached hydrogens (primary N) is 1. The maximum absolute atomic E-state index is 5.11. The molecular weight excluding hydrogens is 104 g/mol. The van der Waals surface area contributed by atoms with Crippen LogP contribution in [0.3, 0.4) is 0 Å². The quantitative estimate of drug-likeness (QED) is 0.337. The van der Waals surface area contributed by atoms with Gasteiger partial charge in [-0.15, -0.1) is 7.05 Å². The molecule has 1 fully saturated rings. The van der Waals surface area contributed by atoms with E-state index in [4.69, 9.17) is 4.74 Å². The summed E-state index contributed by atoms with van der Waals surface area (Å²) < 4.78 is 5.11. The molecule has 1 heterocycles. The monoisotopic (exact) mass is 116 g/mol. The SMILES string of the molecule is [CH2-][NH2+]N1CCOCC1. The van der Waals surface area contributed by atoms with Gasteiger partial charge in [0.05, 0.1) is 26.3 Å². The number of nitrogens with zero attached hydrogens (tertiary/aromatic N) is 1. The highest BCUT2D eigenvalue weighted by Crippen LogP contribution is 1.86. The van der Waals surface area contributed by atoms with E-state index < -0.39 is 0 Å². The zero-order valence-corrected chi connectivity index (χ0v) is 4.97. The summed E-state index contributed by atoms with van der Waals surface area (Å²) in [5.41, 5.74) is 1.86. The molecule has 8 heavy (non-hydrogen) atoms. The lowest BCUT2D eigenvalue weighted by Crippen LogP contribution is -2.89. The molecule has 0 spiro atoms. The van der Waals surface area contributed by atoms with Crippen LogP contribution in [-0.4, -0.2) is 31.3 Å². The van der Waals surface area contributed by atoms with Crippen LogP contribution in [0.4, 0.5) is 0 Å². The summed E-state index contributed by atoms with van der Waals surface area (Å²) in [4.78, 5) is 0. The van der Waals surface area contributed by atoms with Gasteiger partial charge in [-0.2, -0.15) is 5.01 Å². The summed E-state index contributed by atoms with van der Waals surface area (Å²) in [7, 11) is 3.65. The fourth-order valence-electron chi connectivity index (χ4n) is 0.760. The van der Waals surface area contributed by atoms with Crippen LogP contribution >= 0.6 is 0 Å². The molecule has 0 aliphatic carbocycles. The first-order valence-electron chi connectivity index (χ1n) is 2.88. The van der Waals surface area contributed by atoms with E-state index in [-0.39, 0.29) is 0 Å². The third-order valence-electron chi connectivity index (χ3n) is 1.30. The lowest BCUT2D eigenvalue weighted by Gasteiger charge is -2.24. The summed E-state index contributed by atoms with van der Waals surface area (Å²) in [6.07, 6.45) is 0. The minimum atomic E-state index is 0.853. The highest BCUT2D eigenvalue weighted by Gasteiger charge is 2.07. The van der Waals surface area contributed by atoms with E-state index in [1.165, 1.54) is 0 Å². The Morgan fingerprint density at radius 2 is 2.00 bits per heavy atom. The first kappa shape index (κ1) is 6.01. The molecule has 3 heteroatoms. The molecule has 1 saturated heterocycles. The Morgan fingerprint density at radius 3 is 2.38 bits per heavy atom. The van der Waals surface area contributed by atoms with Crippen LogP contribution in [0.2, 0.25) is 0 Å². The lowest BCUT2D eigenvalue weighted by molar-refractivity contribution is -0.761. The second-order valence-corrected chi connectivity index (χ2v) is 1.83. The van der Waals surface area contributed by atoms with Crippen LogP contribution in [0, 0.1) is 7.05 Å². The van der Waals surface area contributed by atoms with Crippen LogP contribution in [0.25, 0.3) is 0 Å². The molecule has 2 N–H and O–H groups in total. The first-order chi connectivity index (χ1) is 3.93. The Bertz CT molecular complexity index is 61.4. The fourth-order valence-corrected chi connectivity index (χ4v) is 0.760. The van der Waals surface area contributed by atoms with E-state index >= 15 is 0 Å². The predicted molar refractivity (Wildman–Crippen MR) is 29.7 cm³/mol. The largest absolute Gasteiger partial charge is 0.396 e. The van der Waals surface area contributed by atoms with Crippen LogP contribution in [-0.2, 0) is 4.74 Å². The lowest BCUT2D eigenvalue weighted by atomic mass is 10.5. The third kappa shape index (κ3) is 1.43. The third-order valence-corrected chi connectivity index (χ3v) is 1.30. The Hall–Kier alpha value is -0.120. The Balaban J connectivity index is 2.13. The van der Waals surface area contributed by atoms with Gasteiger partial charge in [-0.05, 0) is 0 Å². The van der Waals surface area contributed by atoms with E-state index in [9.17, 15) is 0 Å². The summed E-state index contributed by atoms with van der Waals surface area (Å²) >= 11 is 0. The maximum Gasteiger partial charge on any atom is 0.0684 e. The molecule has 0 unspecified atom stereocenters. The maximum atomic E-state index is 5.11. The number of morpholine rings is 1. The van der Waals surface area contributed by atoms with Crippen LogP contribution in [0.5, 0.6) is 0 Å². The van der Waals surface area contributed by atoms with Crippen molar-refractivity contribution in [2.45, 2.75) is 0 Å². The molecule has 0 aromatic rings. The van der Waals surface area contributed by atoms with E-state index in [0.29, 0.717) is 0 Å². The number of quaternary nitrogens is 1. The first-order valence-corrected chi connectivity index (χ1v) is 2.88. The van der Waals surface area contributed by atoms with E-state index in [1.54, 1.807) is 0 Å². The molecule has 0 saturated carbocycles. The van der Waals surface area contributed by atoms with E-state index in [1.807, 2.05) is 5.43 Å². The van der Waals surface area contributed by atoms with Gasteiger partial charge < -0.3 is 10.2 Å². The topological polar surface area (TPSA) is 29.1 Å². The van der Waals surface area contributed by atoms with Crippen LogP contribution in [0.1, 0.15) is 0 Å². The molecule has 1 aliphatic rings. The van der Waals surface area contributed by atoms with Crippen molar-refractivity contribution in [3.63, 3.8) is 0 Å². The molecule has 48 valence electrons. The molecule has 0 aromatic heterocycles. The molecule has 0 amide bonds. The molecular formula is C5H12N2O. The van der Waals surface area contributed by atoms with Crippen molar-refractivity contribution >= 4 is 0 Å². The highest BCUT2D eigenvalue weighted by molar-refractivity contribution is 4.48. The van der Waals surface area contributed by atoms with Gasteiger partial charge in [0.1, 0.15) is 0 Å². The van der Waals surface area contributed by atoms with E-state index in [0.717, 1.165) is 26.3 Å². The smallest absolute Gasteiger partial charge is 0.0684 e. The average Bonchev–Trinajstić information content (AvgIpc) is 1.90. The summed E-state index contributed by atoms with van der Waals surface area (Å²) in [5.74, 6) is 0. The van der Waals surface area contributed by atoms with Gasteiger partial charge in [0.2, 0.25) is 0 Å². The second-order valence-electron chi connectivity index (χ2n) is 1.83. The Labute approximate surface area is 49.6 Å². The minimum absolute atomic E-state index is 0.853. The molecule has 3 nitrogen and oxygen atoms in total. The van der Waals surface area contributed by atoms with Crippen molar-refractivity contribution in [3.8, 4) is 0 Å². The fraction of sp³-hybridized carbons (Fsp3) is 0.800. The normalized spacial score (nSPS) is 23.6. The van der Waals surface area contributed by atoms with Gasteiger partial charge in [-0.25, -0.2) is 0 Å². The molecule has 0 bridgehead atoms. The standard InChI is InChI=1S/C5H12N2O/c1-6-7-2-4-8-5-3-7/h1-6H2. The Morgan fingerprint density at radius 1 is 1.38 bits per heavy atom. The van der Waals surface area contributed by atoms with Gasteiger partial charge in [-0.3, -0.25) is 0 Å². The number of hydrogen-bond acceptors (Lipinski definition) is 2. The van der Waals surface area contributed by atoms with E-state index in [2.05, 4.69) is 12.1 Å². The van der Waals surface area contributed by atoms with Gasteiger partial charge in [0.25, 0.3) is 0 Å². The van der Waals surface area contributed by atoms with Crippen molar-refractivity contribution in [2.24, 2.45) is 0 Å². The Kier molecular flexibility index (Phi) is 2.27. The minimum Gasteiger partial charge on any atom is -0.396 e. The van der Waals surface area contributed by atoms with Crippen molar-refractivity contribution in [2.75, 3.05) is 26.3 Å². The molecule has 0 atom stereocenters. The van der Waals surface area contributed by atoms with Crippen molar-refractivity contribution in [3.05, 3.63) is 7.05 Å². The van der Waals surface area contributed by atoms with Gasteiger partial charge in [0.15, 0.2) is 0 Å². The molecule has 0 radical (unpaired) electrons. The van der Waals surface area contributed by atoms with Crippen molar-refractivity contribution in [1.29, 1.82) is 0 Å². The van der Waals surface area contributed by atoms with Gasteiger partial charge in [-0.1, -0.05) is 0 Å². The number of hydrogen-bond donors (Lipinski definition) is 1. The van der Waals surface area contributed by atoms with Crippen molar-refractivity contribution in [1.82, 2.24) is 5.01 Å². The number of rotatable bonds is 1. The predicted octanol–water partition coefficient (Wildman–Crippen LogP) is -1.41. The van der Waals surface area contributed by atoms with Gasteiger partial charge in [0, 0.05) is 0 Å². The molecule has 1 aliphatic heterocycles. The molecule has 1 rings (SSSR count). The molecule has 0 aromatic carbocycles.